The van der Waals surface area contributed by atoms with Crippen LogP contribution in [0.15, 0.2) is 24.3 Å². The molecule has 0 bridgehead atoms. The minimum atomic E-state index is -0.300. The third-order valence-electron chi connectivity index (χ3n) is 4.45. The molecule has 1 aromatic rings. The van der Waals surface area contributed by atoms with Crippen molar-refractivity contribution in [2.24, 2.45) is 0 Å². The molecule has 0 radical (unpaired) electrons. The van der Waals surface area contributed by atoms with E-state index in [1.54, 1.807) is 12.1 Å². The Labute approximate surface area is 134 Å². The number of hydrogen-bond acceptors (Lipinski definition) is 3. The lowest BCUT2D eigenvalue weighted by Crippen LogP contribution is -2.96. The van der Waals surface area contributed by atoms with Crippen molar-refractivity contribution < 1.29 is 19.3 Å². The molecule has 124 valence electrons. The summed E-state index contributed by atoms with van der Waals surface area (Å²) in [6.45, 7) is 4.19. The molecule has 23 heavy (non-hydrogen) atoms. The highest BCUT2D eigenvalue weighted by Crippen LogP contribution is 2.17. The fourth-order valence-corrected chi connectivity index (χ4v) is 3.08. The van der Waals surface area contributed by atoms with Crippen LogP contribution in [0.1, 0.15) is 6.42 Å². The minimum absolute atomic E-state index is 0.0297. The van der Waals surface area contributed by atoms with Crippen molar-refractivity contribution >= 4 is 17.5 Å². The lowest BCUT2D eigenvalue weighted by molar-refractivity contribution is -0.678. The third kappa shape index (κ3) is 3.79. The van der Waals surface area contributed by atoms with Crippen LogP contribution >= 0.6 is 0 Å². The van der Waals surface area contributed by atoms with E-state index in [-0.39, 0.29) is 30.1 Å². The van der Waals surface area contributed by atoms with Gasteiger partial charge in [-0.05, 0) is 24.3 Å². The van der Waals surface area contributed by atoms with Crippen molar-refractivity contribution in [3.05, 3.63) is 30.1 Å². The molecule has 1 atom stereocenters. The number of halogens is 1. The molecule has 2 fully saturated rings. The smallest absolute Gasteiger partial charge is 0.278 e. The molecular weight excluding hydrogens is 299 g/mol. The molecule has 0 unspecified atom stereocenters. The fraction of sp³-hybridized carbons (Fsp3) is 0.500. The van der Waals surface area contributed by atoms with E-state index in [1.807, 2.05) is 10.2 Å². The van der Waals surface area contributed by atoms with Gasteiger partial charge in [0.25, 0.3) is 5.91 Å². The largest absolute Gasteiger partial charge is 0.368 e. The molecule has 2 aliphatic heterocycles. The lowest BCUT2D eigenvalue weighted by atomic mass is 10.1. The standard InChI is InChI=1S/C16H21FN4O2/c17-12-1-3-13(4-2-12)20-7-9-21(10-8-20)15(22)11-14-16(23)19-6-5-18-14/h1-4,14,18H,5-11H2,(H,19,23)/p+1/t14-/m1/s1. The number of amides is 2. The van der Waals surface area contributed by atoms with E-state index in [9.17, 15) is 14.0 Å². The summed E-state index contributed by atoms with van der Waals surface area (Å²) in [5.41, 5.74) is 0.971. The van der Waals surface area contributed by atoms with Crippen molar-refractivity contribution in [1.82, 2.24) is 10.2 Å². The number of nitrogens with one attached hydrogen (secondary N) is 1. The number of carbonyl (C=O) groups excluding carboxylic acids is 2. The number of rotatable bonds is 3. The van der Waals surface area contributed by atoms with Gasteiger partial charge in [0.1, 0.15) is 5.82 Å². The van der Waals surface area contributed by atoms with E-state index in [4.69, 9.17) is 0 Å². The molecule has 2 heterocycles. The zero-order chi connectivity index (χ0) is 16.2. The maximum atomic E-state index is 13.0. The van der Waals surface area contributed by atoms with Gasteiger partial charge >= 0.3 is 0 Å². The van der Waals surface area contributed by atoms with Gasteiger partial charge in [-0.2, -0.15) is 0 Å². The summed E-state index contributed by atoms with van der Waals surface area (Å²) in [7, 11) is 0. The molecule has 0 spiro atoms. The van der Waals surface area contributed by atoms with Crippen molar-refractivity contribution in [2.45, 2.75) is 12.5 Å². The maximum Gasteiger partial charge on any atom is 0.278 e. The number of anilines is 1. The molecular formula is C16H22FN4O2+. The molecule has 0 aromatic heterocycles. The molecule has 3 rings (SSSR count). The Balaban J connectivity index is 1.51. The second-order valence-corrected chi connectivity index (χ2v) is 5.97. The van der Waals surface area contributed by atoms with Crippen LogP contribution in [0, 0.1) is 5.82 Å². The highest BCUT2D eigenvalue weighted by Gasteiger charge is 2.31. The van der Waals surface area contributed by atoms with E-state index < -0.39 is 0 Å². The highest BCUT2D eigenvalue weighted by atomic mass is 19.1. The average Bonchev–Trinajstić information content (AvgIpc) is 2.58. The number of quaternary nitrogens is 1. The van der Waals surface area contributed by atoms with Crippen LogP contribution in [-0.2, 0) is 9.59 Å². The van der Waals surface area contributed by atoms with Crippen LogP contribution in [0.5, 0.6) is 0 Å². The number of hydrogen-bond donors (Lipinski definition) is 2. The Morgan fingerprint density at radius 2 is 1.91 bits per heavy atom. The topological polar surface area (TPSA) is 69.3 Å². The number of carbonyl (C=O) groups is 2. The van der Waals surface area contributed by atoms with Gasteiger partial charge in [0.05, 0.1) is 19.5 Å². The van der Waals surface area contributed by atoms with Gasteiger partial charge in [0.15, 0.2) is 6.04 Å². The van der Waals surface area contributed by atoms with Crippen LogP contribution in [0.3, 0.4) is 0 Å². The normalized spacial score (nSPS) is 22.0. The quantitative estimate of drug-likeness (QED) is 0.745. The summed E-state index contributed by atoms with van der Waals surface area (Å²) in [5, 5.41) is 4.73. The minimum Gasteiger partial charge on any atom is -0.368 e. The fourth-order valence-electron chi connectivity index (χ4n) is 3.08. The highest BCUT2D eigenvalue weighted by molar-refractivity contribution is 5.87. The van der Waals surface area contributed by atoms with Crippen LogP contribution in [-0.4, -0.2) is 62.0 Å². The summed E-state index contributed by atoms with van der Waals surface area (Å²) in [4.78, 5) is 28.0. The molecule has 0 saturated carbocycles. The van der Waals surface area contributed by atoms with E-state index in [0.717, 1.165) is 25.3 Å². The van der Waals surface area contributed by atoms with Crippen molar-refractivity contribution in [3.8, 4) is 0 Å². The zero-order valence-corrected chi connectivity index (χ0v) is 13.0. The number of nitrogens with zero attached hydrogens (tertiary/aromatic N) is 2. The monoisotopic (exact) mass is 321 g/mol. The molecule has 2 saturated heterocycles. The average molecular weight is 321 g/mol. The molecule has 1 aromatic carbocycles. The summed E-state index contributed by atoms with van der Waals surface area (Å²) in [6, 6.07) is 6.11. The molecule has 6 nitrogen and oxygen atoms in total. The van der Waals surface area contributed by atoms with Crippen LogP contribution in [0.4, 0.5) is 10.1 Å². The molecule has 0 aliphatic carbocycles. The molecule has 2 aliphatic rings. The first-order valence-corrected chi connectivity index (χ1v) is 8.03. The van der Waals surface area contributed by atoms with E-state index in [2.05, 4.69) is 10.2 Å². The van der Waals surface area contributed by atoms with Gasteiger partial charge in [-0.3, -0.25) is 9.59 Å². The van der Waals surface area contributed by atoms with Crippen LogP contribution in [0.2, 0.25) is 0 Å². The van der Waals surface area contributed by atoms with Gasteiger partial charge in [0.2, 0.25) is 5.91 Å². The summed E-state index contributed by atoms with van der Waals surface area (Å²) in [5.74, 6) is -0.263. The number of piperazine rings is 2. The molecule has 2 amide bonds. The third-order valence-corrected chi connectivity index (χ3v) is 4.45. The van der Waals surface area contributed by atoms with Crippen LogP contribution < -0.4 is 15.5 Å². The van der Waals surface area contributed by atoms with Crippen molar-refractivity contribution in [2.75, 3.05) is 44.2 Å². The first kappa shape index (κ1) is 15.7. The number of benzene rings is 1. The lowest BCUT2D eigenvalue weighted by Gasteiger charge is -2.36. The predicted molar refractivity (Wildman–Crippen MR) is 83.4 cm³/mol. The van der Waals surface area contributed by atoms with Gasteiger partial charge in [0, 0.05) is 31.9 Å². The Morgan fingerprint density at radius 3 is 2.57 bits per heavy atom. The summed E-state index contributed by atoms with van der Waals surface area (Å²) >= 11 is 0. The van der Waals surface area contributed by atoms with Crippen molar-refractivity contribution in [3.63, 3.8) is 0 Å². The summed E-state index contributed by atoms with van der Waals surface area (Å²) in [6.07, 6.45) is 0.252. The van der Waals surface area contributed by atoms with Gasteiger partial charge in [-0.25, -0.2) is 4.39 Å². The second-order valence-electron chi connectivity index (χ2n) is 5.97. The maximum absolute atomic E-state index is 13.0. The van der Waals surface area contributed by atoms with Crippen molar-refractivity contribution in [1.29, 1.82) is 0 Å². The summed E-state index contributed by atoms with van der Waals surface area (Å²) < 4.78 is 13.0. The van der Waals surface area contributed by atoms with E-state index in [1.165, 1.54) is 12.1 Å². The Morgan fingerprint density at radius 1 is 1.22 bits per heavy atom. The van der Waals surface area contributed by atoms with E-state index in [0.29, 0.717) is 19.6 Å². The van der Waals surface area contributed by atoms with Crippen LogP contribution in [0.25, 0.3) is 0 Å². The first-order chi connectivity index (χ1) is 11.1. The Hall–Kier alpha value is -2.15. The van der Waals surface area contributed by atoms with E-state index >= 15 is 0 Å². The predicted octanol–water partition coefficient (Wildman–Crippen LogP) is -1.07. The SMILES string of the molecule is O=C1NCC[NH2+][C@@H]1CC(=O)N1CCN(c2ccc(F)cc2)CC1. The number of nitrogens with two attached hydrogens (primary N) is 1. The Bertz CT molecular complexity index is 570. The second kappa shape index (κ2) is 6.95. The van der Waals surface area contributed by atoms with Gasteiger partial charge < -0.3 is 20.4 Å². The zero-order valence-electron chi connectivity index (χ0n) is 13.0. The molecule has 3 N–H and O–H groups in total. The Kier molecular flexibility index (Phi) is 4.76. The van der Waals surface area contributed by atoms with Gasteiger partial charge in [-0.1, -0.05) is 0 Å². The van der Waals surface area contributed by atoms with Gasteiger partial charge in [-0.15, -0.1) is 0 Å². The molecule has 7 heteroatoms. The first-order valence-electron chi connectivity index (χ1n) is 8.03.